The van der Waals surface area contributed by atoms with Gasteiger partial charge in [-0.05, 0) is 49.9 Å². The van der Waals surface area contributed by atoms with Gasteiger partial charge in [-0.25, -0.2) is 4.68 Å². The van der Waals surface area contributed by atoms with Gasteiger partial charge in [0.1, 0.15) is 23.5 Å². The van der Waals surface area contributed by atoms with E-state index in [0.29, 0.717) is 55.0 Å². The molecule has 2 aromatic carbocycles. The summed E-state index contributed by atoms with van der Waals surface area (Å²) in [5, 5.41) is 17.0. The van der Waals surface area contributed by atoms with Crippen molar-refractivity contribution >= 4 is 17.6 Å². The van der Waals surface area contributed by atoms with E-state index < -0.39 is 6.04 Å². The summed E-state index contributed by atoms with van der Waals surface area (Å²) in [5.74, 6) is 0.0456. The molecule has 3 N–H and O–H groups in total. The standard InChI is InChI=1S/C25H26N6O2/c26-17-20-21(29-31(23(20)27)19-11-5-2-6-12-19)13-7-15-28-24(32)22-14-8-16-30(22)25(33)18-9-3-1-4-10-18/h1-6,9-12,22H,7-8,13-16,27H2,(H,28,32). The number of hydrogen-bond donors (Lipinski definition) is 2. The Kier molecular flexibility index (Phi) is 6.69. The number of nitriles is 1. The molecule has 1 aliphatic rings. The molecular weight excluding hydrogens is 416 g/mol. The van der Waals surface area contributed by atoms with E-state index in [1.165, 1.54) is 0 Å². The van der Waals surface area contributed by atoms with Crippen LogP contribution >= 0.6 is 0 Å². The number of nitrogen functional groups attached to an aromatic ring is 1. The van der Waals surface area contributed by atoms with Gasteiger partial charge >= 0.3 is 0 Å². The second-order valence-electron chi connectivity index (χ2n) is 7.98. The number of nitrogens with zero attached hydrogens (tertiary/aromatic N) is 4. The van der Waals surface area contributed by atoms with Gasteiger partial charge in [-0.3, -0.25) is 9.59 Å². The number of para-hydroxylation sites is 1. The summed E-state index contributed by atoms with van der Waals surface area (Å²) in [6.45, 7) is 0.999. The van der Waals surface area contributed by atoms with Crippen LogP contribution in [0.2, 0.25) is 0 Å². The molecule has 1 aliphatic heterocycles. The van der Waals surface area contributed by atoms with Crippen LogP contribution in [0.15, 0.2) is 60.7 Å². The van der Waals surface area contributed by atoms with E-state index in [4.69, 9.17) is 5.73 Å². The molecular formula is C25H26N6O2. The minimum absolute atomic E-state index is 0.117. The number of aromatic nitrogens is 2. The predicted octanol–water partition coefficient (Wildman–Crippen LogP) is 2.68. The number of anilines is 1. The van der Waals surface area contributed by atoms with E-state index in [2.05, 4.69) is 16.5 Å². The van der Waals surface area contributed by atoms with Gasteiger partial charge in [0.25, 0.3) is 5.91 Å². The first-order valence-electron chi connectivity index (χ1n) is 11.1. The van der Waals surface area contributed by atoms with Crippen molar-refractivity contribution in [1.29, 1.82) is 5.26 Å². The van der Waals surface area contributed by atoms with Crippen molar-refractivity contribution in [1.82, 2.24) is 20.0 Å². The van der Waals surface area contributed by atoms with Crippen molar-refractivity contribution in [2.75, 3.05) is 18.8 Å². The lowest BCUT2D eigenvalue weighted by atomic mass is 10.1. The van der Waals surface area contributed by atoms with Crippen LogP contribution in [0.3, 0.4) is 0 Å². The third-order valence-electron chi connectivity index (χ3n) is 5.83. The highest BCUT2D eigenvalue weighted by molar-refractivity contribution is 5.97. The summed E-state index contributed by atoms with van der Waals surface area (Å²) >= 11 is 0. The van der Waals surface area contributed by atoms with E-state index in [1.54, 1.807) is 21.7 Å². The first-order chi connectivity index (χ1) is 16.1. The molecule has 1 saturated heterocycles. The minimum atomic E-state index is -0.458. The number of amides is 2. The second-order valence-corrected chi connectivity index (χ2v) is 7.98. The van der Waals surface area contributed by atoms with Crippen LogP contribution in [-0.2, 0) is 11.2 Å². The van der Waals surface area contributed by atoms with Gasteiger partial charge in [-0.1, -0.05) is 36.4 Å². The van der Waals surface area contributed by atoms with Crippen molar-refractivity contribution in [3.8, 4) is 11.8 Å². The first-order valence-corrected chi connectivity index (χ1v) is 11.1. The molecule has 3 aromatic rings. The van der Waals surface area contributed by atoms with Gasteiger partial charge < -0.3 is 16.0 Å². The summed E-state index contributed by atoms with van der Waals surface area (Å²) in [6, 6.07) is 20.1. The SMILES string of the molecule is N#Cc1c(CCCNC(=O)C2CCCN2C(=O)c2ccccc2)nn(-c2ccccc2)c1N. The van der Waals surface area contributed by atoms with E-state index in [1.807, 2.05) is 48.5 Å². The highest BCUT2D eigenvalue weighted by Crippen LogP contribution is 2.22. The monoisotopic (exact) mass is 442 g/mol. The van der Waals surface area contributed by atoms with Gasteiger partial charge in [-0.2, -0.15) is 10.4 Å². The second kappa shape index (κ2) is 10.0. The zero-order valence-electron chi connectivity index (χ0n) is 18.3. The number of rotatable bonds is 7. The van der Waals surface area contributed by atoms with Crippen molar-refractivity contribution in [3.05, 3.63) is 77.5 Å². The highest BCUT2D eigenvalue weighted by atomic mass is 16.2. The van der Waals surface area contributed by atoms with E-state index in [-0.39, 0.29) is 11.8 Å². The third kappa shape index (κ3) is 4.72. The first kappa shape index (κ1) is 22.1. The molecule has 0 bridgehead atoms. The maximum absolute atomic E-state index is 12.8. The highest BCUT2D eigenvalue weighted by Gasteiger charge is 2.34. The summed E-state index contributed by atoms with van der Waals surface area (Å²) in [6.07, 6.45) is 2.56. The lowest BCUT2D eigenvalue weighted by Gasteiger charge is -2.24. The Balaban J connectivity index is 1.34. The van der Waals surface area contributed by atoms with Crippen LogP contribution < -0.4 is 11.1 Å². The molecule has 2 heterocycles. The summed E-state index contributed by atoms with van der Waals surface area (Å²) in [7, 11) is 0. The molecule has 33 heavy (non-hydrogen) atoms. The predicted molar refractivity (Wildman–Crippen MR) is 125 cm³/mol. The molecule has 8 heteroatoms. The lowest BCUT2D eigenvalue weighted by Crippen LogP contribution is -2.46. The smallest absolute Gasteiger partial charge is 0.254 e. The average Bonchev–Trinajstić information content (AvgIpc) is 3.47. The molecule has 168 valence electrons. The Bertz CT molecular complexity index is 1170. The fraction of sp³-hybridized carbons (Fsp3) is 0.280. The van der Waals surface area contributed by atoms with Crippen molar-refractivity contribution in [2.24, 2.45) is 0 Å². The van der Waals surface area contributed by atoms with Crippen LogP contribution in [0.25, 0.3) is 5.69 Å². The Labute approximate surface area is 192 Å². The quantitative estimate of drug-likeness (QED) is 0.546. The molecule has 0 aliphatic carbocycles. The van der Waals surface area contributed by atoms with E-state index in [9.17, 15) is 14.9 Å². The van der Waals surface area contributed by atoms with Crippen molar-refractivity contribution in [2.45, 2.75) is 31.7 Å². The summed E-state index contributed by atoms with van der Waals surface area (Å²) in [4.78, 5) is 27.2. The number of carbonyl (C=O) groups is 2. The fourth-order valence-electron chi connectivity index (χ4n) is 4.16. The Hall–Kier alpha value is -4.12. The fourth-order valence-corrected chi connectivity index (χ4v) is 4.16. The van der Waals surface area contributed by atoms with Crippen LogP contribution in [0, 0.1) is 11.3 Å². The lowest BCUT2D eigenvalue weighted by molar-refractivity contribution is -0.124. The summed E-state index contributed by atoms with van der Waals surface area (Å²) < 4.78 is 1.57. The average molecular weight is 443 g/mol. The molecule has 0 saturated carbocycles. The zero-order chi connectivity index (χ0) is 23.2. The number of nitrogens with one attached hydrogen (secondary N) is 1. The van der Waals surface area contributed by atoms with Crippen molar-refractivity contribution in [3.63, 3.8) is 0 Å². The normalized spacial score (nSPS) is 15.2. The number of nitrogens with two attached hydrogens (primary N) is 1. The Morgan fingerprint density at radius 2 is 1.82 bits per heavy atom. The molecule has 1 aromatic heterocycles. The van der Waals surface area contributed by atoms with E-state index >= 15 is 0 Å². The molecule has 1 atom stereocenters. The van der Waals surface area contributed by atoms with Gasteiger partial charge in [0.15, 0.2) is 0 Å². The largest absolute Gasteiger partial charge is 0.382 e. The van der Waals surface area contributed by atoms with Crippen LogP contribution in [-0.4, -0.2) is 45.6 Å². The Morgan fingerprint density at radius 1 is 1.12 bits per heavy atom. The molecule has 4 rings (SSSR count). The maximum Gasteiger partial charge on any atom is 0.254 e. The number of aryl methyl sites for hydroxylation is 1. The zero-order valence-corrected chi connectivity index (χ0v) is 18.3. The minimum Gasteiger partial charge on any atom is -0.382 e. The van der Waals surface area contributed by atoms with Crippen LogP contribution in [0.4, 0.5) is 5.82 Å². The Morgan fingerprint density at radius 3 is 2.52 bits per heavy atom. The van der Waals surface area contributed by atoms with E-state index in [0.717, 1.165) is 12.1 Å². The number of benzene rings is 2. The molecule has 0 radical (unpaired) electrons. The molecule has 8 nitrogen and oxygen atoms in total. The molecule has 2 amide bonds. The van der Waals surface area contributed by atoms with Crippen LogP contribution in [0.5, 0.6) is 0 Å². The number of carbonyl (C=O) groups excluding carboxylic acids is 2. The van der Waals surface area contributed by atoms with Gasteiger partial charge in [0.2, 0.25) is 5.91 Å². The maximum atomic E-state index is 12.8. The van der Waals surface area contributed by atoms with Gasteiger partial charge in [0, 0.05) is 18.7 Å². The summed E-state index contributed by atoms with van der Waals surface area (Å²) in [5.41, 5.74) is 8.49. The molecule has 1 fully saturated rings. The number of likely N-dealkylation sites (tertiary alicyclic amines) is 1. The van der Waals surface area contributed by atoms with Gasteiger partial charge in [0.05, 0.1) is 11.4 Å². The molecule has 1 unspecified atom stereocenters. The third-order valence-corrected chi connectivity index (χ3v) is 5.83. The topological polar surface area (TPSA) is 117 Å². The van der Waals surface area contributed by atoms with Crippen LogP contribution in [0.1, 0.15) is 40.9 Å². The number of hydrogen-bond acceptors (Lipinski definition) is 5. The molecule has 0 spiro atoms. The van der Waals surface area contributed by atoms with Crippen molar-refractivity contribution < 1.29 is 9.59 Å². The van der Waals surface area contributed by atoms with Gasteiger partial charge in [-0.15, -0.1) is 0 Å².